The summed E-state index contributed by atoms with van der Waals surface area (Å²) in [7, 11) is 0. The number of hydrogen-bond donors (Lipinski definition) is 1. The van der Waals surface area contributed by atoms with Crippen molar-refractivity contribution in [2.75, 3.05) is 19.6 Å². The van der Waals surface area contributed by atoms with Crippen LogP contribution in [0.1, 0.15) is 53.4 Å². The molecule has 18 heavy (non-hydrogen) atoms. The quantitative estimate of drug-likeness (QED) is 0.687. The second-order valence-corrected chi connectivity index (χ2v) is 5.14. The number of nitrogens with zero attached hydrogens (tertiary/aromatic N) is 1. The molecule has 0 aromatic rings. The van der Waals surface area contributed by atoms with Crippen molar-refractivity contribution in [3.63, 3.8) is 0 Å². The van der Waals surface area contributed by atoms with E-state index in [0.717, 1.165) is 25.8 Å². The topological polar surface area (TPSA) is 49.4 Å². The fraction of sp³-hybridized carbons (Fsp3) is 0.857. The number of rotatable bonds is 9. The highest BCUT2D eigenvalue weighted by Gasteiger charge is 2.09. The Kier molecular flexibility index (Phi) is 9.33. The molecule has 0 unspecified atom stereocenters. The van der Waals surface area contributed by atoms with Gasteiger partial charge in [0.15, 0.2) is 0 Å². The molecule has 0 aliphatic rings. The monoisotopic (exact) mass is 256 g/mol. The first-order valence-corrected chi connectivity index (χ1v) is 6.99. The molecule has 0 fully saturated rings. The van der Waals surface area contributed by atoms with Gasteiger partial charge in [-0.1, -0.05) is 27.2 Å². The summed E-state index contributed by atoms with van der Waals surface area (Å²) in [5, 5.41) is 2.86. The first-order valence-electron chi connectivity index (χ1n) is 6.99. The van der Waals surface area contributed by atoms with E-state index in [1.807, 2.05) is 0 Å². The third-order valence-corrected chi connectivity index (χ3v) is 2.88. The summed E-state index contributed by atoms with van der Waals surface area (Å²) in [4.78, 5) is 24.6. The molecule has 0 aromatic heterocycles. The zero-order valence-electron chi connectivity index (χ0n) is 12.3. The predicted molar refractivity (Wildman–Crippen MR) is 74.2 cm³/mol. The lowest BCUT2D eigenvalue weighted by molar-refractivity contribution is -0.129. The Morgan fingerprint density at radius 3 is 2.39 bits per heavy atom. The van der Waals surface area contributed by atoms with E-state index in [1.165, 1.54) is 0 Å². The summed E-state index contributed by atoms with van der Waals surface area (Å²) in [5.41, 5.74) is 0. The molecule has 1 N–H and O–H groups in total. The Balaban J connectivity index is 3.83. The van der Waals surface area contributed by atoms with Crippen molar-refractivity contribution in [3.05, 3.63) is 0 Å². The molecule has 0 heterocycles. The Labute approximate surface area is 111 Å². The van der Waals surface area contributed by atoms with E-state index in [4.69, 9.17) is 0 Å². The number of carbonyl (C=O) groups excluding carboxylic acids is 2. The molecule has 0 rings (SSSR count). The van der Waals surface area contributed by atoms with Crippen LogP contribution in [-0.2, 0) is 9.59 Å². The molecule has 0 saturated heterocycles. The van der Waals surface area contributed by atoms with Crippen molar-refractivity contribution in [2.45, 2.75) is 53.4 Å². The molecular formula is C14H28N2O2. The van der Waals surface area contributed by atoms with Gasteiger partial charge in [0.2, 0.25) is 11.8 Å². The second kappa shape index (κ2) is 9.92. The van der Waals surface area contributed by atoms with Gasteiger partial charge in [0.05, 0.1) is 0 Å². The van der Waals surface area contributed by atoms with Crippen LogP contribution in [0.25, 0.3) is 0 Å². The van der Waals surface area contributed by atoms with Gasteiger partial charge in [-0.15, -0.1) is 0 Å². The minimum absolute atomic E-state index is 0.0819. The standard InChI is InChI=1S/C14H28N2O2/c1-5-6-7-14(18)15-9-11-16(13(4)17)10-8-12(2)3/h12H,5-11H2,1-4H3,(H,15,18). The summed E-state index contributed by atoms with van der Waals surface area (Å²) in [6, 6.07) is 0. The van der Waals surface area contributed by atoms with Crippen LogP contribution in [0.15, 0.2) is 0 Å². The van der Waals surface area contributed by atoms with Crippen LogP contribution in [0.2, 0.25) is 0 Å². The predicted octanol–water partition coefficient (Wildman–Crippen LogP) is 2.19. The second-order valence-electron chi connectivity index (χ2n) is 5.14. The average molecular weight is 256 g/mol. The van der Waals surface area contributed by atoms with Crippen molar-refractivity contribution in [2.24, 2.45) is 5.92 Å². The van der Waals surface area contributed by atoms with Crippen LogP contribution in [0, 0.1) is 5.92 Å². The number of nitrogens with one attached hydrogen (secondary N) is 1. The Morgan fingerprint density at radius 1 is 1.22 bits per heavy atom. The minimum Gasteiger partial charge on any atom is -0.354 e. The van der Waals surface area contributed by atoms with Gasteiger partial charge in [-0.2, -0.15) is 0 Å². The lowest BCUT2D eigenvalue weighted by Gasteiger charge is -2.22. The molecule has 0 aliphatic heterocycles. The van der Waals surface area contributed by atoms with Gasteiger partial charge in [-0.3, -0.25) is 9.59 Å². The lowest BCUT2D eigenvalue weighted by Crippen LogP contribution is -2.38. The maximum absolute atomic E-state index is 11.4. The fourth-order valence-corrected chi connectivity index (χ4v) is 1.60. The molecule has 0 aliphatic carbocycles. The van der Waals surface area contributed by atoms with E-state index in [9.17, 15) is 9.59 Å². The largest absolute Gasteiger partial charge is 0.354 e. The summed E-state index contributed by atoms with van der Waals surface area (Å²) in [6.45, 7) is 9.88. The number of hydrogen-bond acceptors (Lipinski definition) is 2. The van der Waals surface area contributed by atoms with E-state index < -0.39 is 0 Å². The summed E-state index contributed by atoms with van der Waals surface area (Å²) < 4.78 is 0. The van der Waals surface area contributed by atoms with E-state index in [1.54, 1.807) is 11.8 Å². The molecule has 0 radical (unpaired) electrons. The third kappa shape index (κ3) is 9.02. The van der Waals surface area contributed by atoms with Crippen LogP contribution >= 0.6 is 0 Å². The normalized spacial score (nSPS) is 10.5. The van der Waals surface area contributed by atoms with Crippen molar-refractivity contribution in [3.8, 4) is 0 Å². The molecule has 0 bridgehead atoms. The molecule has 106 valence electrons. The summed E-state index contributed by atoms with van der Waals surface area (Å²) in [6.07, 6.45) is 3.54. The van der Waals surface area contributed by atoms with E-state index in [0.29, 0.717) is 25.4 Å². The van der Waals surface area contributed by atoms with Crippen LogP contribution in [0.3, 0.4) is 0 Å². The maximum atomic E-state index is 11.4. The van der Waals surface area contributed by atoms with Crippen LogP contribution in [0.5, 0.6) is 0 Å². The molecule has 0 saturated carbocycles. The van der Waals surface area contributed by atoms with Crippen molar-refractivity contribution in [1.29, 1.82) is 0 Å². The lowest BCUT2D eigenvalue weighted by atomic mass is 10.1. The van der Waals surface area contributed by atoms with E-state index in [2.05, 4.69) is 26.1 Å². The van der Waals surface area contributed by atoms with Gasteiger partial charge >= 0.3 is 0 Å². The Hall–Kier alpha value is -1.06. The molecule has 2 amide bonds. The van der Waals surface area contributed by atoms with Crippen LogP contribution in [-0.4, -0.2) is 36.3 Å². The average Bonchev–Trinajstić information content (AvgIpc) is 2.30. The summed E-state index contributed by atoms with van der Waals surface area (Å²) in [5.74, 6) is 0.758. The highest BCUT2D eigenvalue weighted by molar-refractivity contribution is 5.76. The molecule has 0 atom stereocenters. The zero-order chi connectivity index (χ0) is 14.0. The van der Waals surface area contributed by atoms with Crippen LogP contribution in [0.4, 0.5) is 0 Å². The van der Waals surface area contributed by atoms with E-state index in [-0.39, 0.29) is 11.8 Å². The van der Waals surface area contributed by atoms with Crippen LogP contribution < -0.4 is 5.32 Å². The SMILES string of the molecule is CCCCC(=O)NCCN(CCC(C)C)C(C)=O. The third-order valence-electron chi connectivity index (χ3n) is 2.88. The van der Waals surface area contributed by atoms with E-state index >= 15 is 0 Å². The smallest absolute Gasteiger partial charge is 0.220 e. The molecule has 4 heteroatoms. The first kappa shape index (κ1) is 16.9. The van der Waals surface area contributed by atoms with Crippen molar-refractivity contribution < 1.29 is 9.59 Å². The molecular weight excluding hydrogens is 228 g/mol. The first-order chi connectivity index (χ1) is 8.47. The van der Waals surface area contributed by atoms with Gasteiger partial charge in [0.25, 0.3) is 0 Å². The highest BCUT2D eigenvalue weighted by Crippen LogP contribution is 2.02. The molecule has 4 nitrogen and oxygen atoms in total. The van der Waals surface area contributed by atoms with Crippen molar-refractivity contribution in [1.82, 2.24) is 10.2 Å². The fourth-order valence-electron chi connectivity index (χ4n) is 1.60. The van der Waals surface area contributed by atoms with Gasteiger partial charge in [-0.25, -0.2) is 0 Å². The van der Waals surface area contributed by atoms with Gasteiger partial charge in [0, 0.05) is 33.0 Å². The Morgan fingerprint density at radius 2 is 1.89 bits per heavy atom. The van der Waals surface area contributed by atoms with Gasteiger partial charge in [0.1, 0.15) is 0 Å². The summed E-state index contributed by atoms with van der Waals surface area (Å²) >= 11 is 0. The van der Waals surface area contributed by atoms with Gasteiger partial charge in [-0.05, 0) is 18.8 Å². The number of amides is 2. The minimum atomic E-state index is 0.0819. The number of unbranched alkanes of at least 4 members (excludes halogenated alkanes) is 1. The van der Waals surface area contributed by atoms with Crippen molar-refractivity contribution >= 4 is 11.8 Å². The van der Waals surface area contributed by atoms with Gasteiger partial charge < -0.3 is 10.2 Å². The number of carbonyl (C=O) groups is 2. The maximum Gasteiger partial charge on any atom is 0.220 e. The highest BCUT2D eigenvalue weighted by atomic mass is 16.2. The molecule has 0 spiro atoms. The zero-order valence-corrected chi connectivity index (χ0v) is 12.3. The Bertz CT molecular complexity index is 252. The molecule has 0 aromatic carbocycles.